The van der Waals surface area contributed by atoms with Crippen molar-refractivity contribution in [3.8, 4) is 0 Å². The predicted molar refractivity (Wildman–Crippen MR) is 94.5 cm³/mol. The molecule has 4 rings (SSSR count). The number of nitrogens with zero attached hydrogens (tertiary/aromatic N) is 2. The fraction of sp³-hybridized carbons (Fsp3) is 0.350. The monoisotopic (exact) mass is 305 g/mol. The molecule has 3 aromatic rings. The Morgan fingerprint density at radius 2 is 2.13 bits per heavy atom. The highest BCUT2D eigenvalue weighted by molar-refractivity contribution is 5.83. The molecule has 0 spiro atoms. The van der Waals surface area contributed by atoms with Crippen LogP contribution in [0.25, 0.3) is 10.9 Å². The molecular formula is C20H23N3. The number of pyridine rings is 1. The third-order valence-electron chi connectivity index (χ3n) is 4.97. The molecule has 2 aromatic heterocycles. The van der Waals surface area contributed by atoms with E-state index in [0.29, 0.717) is 6.04 Å². The van der Waals surface area contributed by atoms with Crippen molar-refractivity contribution in [1.29, 1.82) is 0 Å². The number of para-hydroxylation sites is 1. The van der Waals surface area contributed by atoms with Crippen LogP contribution in [0.1, 0.15) is 35.7 Å². The molecule has 3 heteroatoms. The predicted octanol–water partition coefficient (Wildman–Crippen LogP) is 3.78. The van der Waals surface area contributed by atoms with Crippen LogP contribution in [0.15, 0.2) is 48.8 Å². The van der Waals surface area contributed by atoms with Crippen LogP contribution in [0.2, 0.25) is 0 Å². The van der Waals surface area contributed by atoms with E-state index in [1.165, 1.54) is 40.6 Å². The molecule has 0 bridgehead atoms. The van der Waals surface area contributed by atoms with Crippen LogP contribution in [0.5, 0.6) is 0 Å². The topological polar surface area (TPSA) is 29.9 Å². The zero-order valence-electron chi connectivity index (χ0n) is 13.6. The molecular weight excluding hydrogens is 282 g/mol. The molecule has 1 N–H and O–H groups in total. The zero-order chi connectivity index (χ0) is 15.6. The van der Waals surface area contributed by atoms with Gasteiger partial charge in [0.05, 0.1) is 0 Å². The maximum Gasteiger partial charge on any atom is 0.0480 e. The second-order valence-corrected chi connectivity index (χ2v) is 6.47. The van der Waals surface area contributed by atoms with Gasteiger partial charge < -0.3 is 9.88 Å². The van der Waals surface area contributed by atoms with Crippen LogP contribution in [0.4, 0.5) is 0 Å². The summed E-state index contributed by atoms with van der Waals surface area (Å²) < 4.78 is 2.23. The molecule has 1 atom stereocenters. The smallest absolute Gasteiger partial charge is 0.0480 e. The van der Waals surface area contributed by atoms with Gasteiger partial charge >= 0.3 is 0 Å². The summed E-state index contributed by atoms with van der Waals surface area (Å²) in [5, 5.41) is 5.13. The van der Waals surface area contributed by atoms with E-state index in [-0.39, 0.29) is 0 Å². The SMILES string of the molecule is Cn1cc(CCNC2CCCc3ncccc32)c2ccccc21. The molecule has 1 aliphatic carbocycles. The fourth-order valence-electron chi connectivity index (χ4n) is 3.82. The average molecular weight is 305 g/mol. The maximum absolute atomic E-state index is 4.54. The van der Waals surface area contributed by atoms with E-state index >= 15 is 0 Å². The number of benzene rings is 1. The lowest BCUT2D eigenvalue weighted by atomic mass is 9.91. The number of nitrogens with one attached hydrogen (secondary N) is 1. The lowest BCUT2D eigenvalue weighted by Crippen LogP contribution is -2.27. The van der Waals surface area contributed by atoms with Gasteiger partial charge in [-0.1, -0.05) is 24.3 Å². The Kier molecular flexibility index (Phi) is 3.88. The van der Waals surface area contributed by atoms with Gasteiger partial charge in [-0.15, -0.1) is 0 Å². The summed E-state index contributed by atoms with van der Waals surface area (Å²) in [6, 6.07) is 13.4. The molecule has 23 heavy (non-hydrogen) atoms. The number of aromatic nitrogens is 2. The quantitative estimate of drug-likeness (QED) is 0.795. The molecule has 0 amide bonds. The van der Waals surface area contributed by atoms with E-state index in [1.54, 1.807) is 0 Å². The Balaban J connectivity index is 1.46. The first kappa shape index (κ1) is 14.5. The Morgan fingerprint density at radius 3 is 3.09 bits per heavy atom. The number of hydrogen-bond donors (Lipinski definition) is 1. The first-order chi connectivity index (χ1) is 11.3. The second kappa shape index (κ2) is 6.17. The van der Waals surface area contributed by atoms with Crippen LogP contribution < -0.4 is 5.32 Å². The van der Waals surface area contributed by atoms with Crippen LogP contribution in [-0.4, -0.2) is 16.1 Å². The zero-order valence-corrected chi connectivity index (χ0v) is 13.6. The molecule has 1 unspecified atom stereocenters. The molecule has 0 aliphatic heterocycles. The third kappa shape index (κ3) is 2.77. The standard InChI is InChI=1S/C20H23N3/c1-23-14-15(16-6-2-3-10-20(16)23)11-13-22-19-9-4-8-18-17(19)7-5-12-21-18/h2-3,5-7,10,12,14,19,22H,4,8-9,11,13H2,1H3. The minimum atomic E-state index is 0.461. The highest BCUT2D eigenvalue weighted by atomic mass is 14.9. The molecule has 0 fully saturated rings. The number of hydrogen-bond acceptors (Lipinski definition) is 2. The van der Waals surface area contributed by atoms with Gasteiger partial charge in [0, 0.05) is 42.1 Å². The maximum atomic E-state index is 4.54. The van der Waals surface area contributed by atoms with Crippen molar-refractivity contribution in [2.45, 2.75) is 31.7 Å². The van der Waals surface area contributed by atoms with E-state index in [0.717, 1.165) is 19.4 Å². The largest absolute Gasteiger partial charge is 0.350 e. The minimum absolute atomic E-state index is 0.461. The summed E-state index contributed by atoms with van der Waals surface area (Å²) in [4.78, 5) is 4.54. The molecule has 3 nitrogen and oxygen atoms in total. The van der Waals surface area contributed by atoms with Gasteiger partial charge in [0.25, 0.3) is 0 Å². The summed E-state index contributed by atoms with van der Waals surface area (Å²) in [5.41, 5.74) is 5.42. The van der Waals surface area contributed by atoms with E-state index in [2.05, 4.69) is 64.5 Å². The summed E-state index contributed by atoms with van der Waals surface area (Å²) in [7, 11) is 2.13. The number of rotatable bonds is 4. The summed E-state index contributed by atoms with van der Waals surface area (Å²) in [5.74, 6) is 0. The van der Waals surface area contributed by atoms with E-state index < -0.39 is 0 Å². The van der Waals surface area contributed by atoms with Gasteiger partial charge in [-0.25, -0.2) is 0 Å². The molecule has 2 heterocycles. The molecule has 1 aromatic carbocycles. The normalized spacial score (nSPS) is 17.3. The van der Waals surface area contributed by atoms with Gasteiger partial charge in [0.1, 0.15) is 0 Å². The average Bonchev–Trinajstić information content (AvgIpc) is 2.92. The molecule has 0 saturated carbocycles. The second-order valence-electron chi connectivity index (χ2n) is 6.47. The summed E-state index contributed by atoms with van der Waals surface area (Å²) >= 11 is 0. The van der Waals surface area contributed by atoms with Crippen molar-refractivity contribution in [3.63, 3.8) is 0 Å². The van der Waals surface area contributed by atoms with Crippen LogP contribution in [0.3, 0.4) is 0 Å². The lowest BCUT2D eigenvalue weighted by molar-refractivity contribution is 0.458. The lowest BCUT2D eigenvalue weighted by Gasteiger charge is -2.25. The van der Waals surface area contributed by atoms with Gasteiger partial charge in [-0.05, 0) is 55.5 Å². The minimum Gasteiger partial charge on any atom is -0.350 e. The summed E-state index contributed by atoms with van der Waals surface area (Å²) in [6.45, 7) is 1.01. The molecule has 0 saturated heterocycles. The van der Waals surface area contributed by atoms with Crippen molar-refractivity contribution in [2.24, 2.45) is 7.05 Å². The molecule has 0 radical (unpaired) electrons. The van der Waals surface area contributed by atoms with Crippen molar-refractivity contribution in [2.75, 3.05) is 6.54 Å². The number of fused-ring (bicyclic) bond motifs is 2. The highest BCUT2D eigenvalue weighted by Gasteiger charge is 2.20. The van der Waals surface area contributed by atoms with Gasteiger partial charge in [-0.2, -0.15) is 0 Å². The van der Waals surface area contributed by atoms with Crippen molar-refractivity contribution < 1.29 is 0 Å². The Morgan fingerprint density at radius 1 is 1.22 bits per heavy atom. The molecule has 1 aliphatic rings. The van der Waals surface area contributed by atoms with Crippen LogP contribution >= 0.6 is 0 Å². The van der Waals surface area contributed by atoms with Crippen LogP contribution in [-0.2, 0) is 19.9 Å². The van der Waals surface area contributed by atoms with E-state index in [9.17, 15) is 0 Å². The van der Waals surface area contributed by atoms with Crippen LogP contribution in [0, 0.1) is 0 Å². The summed E-state index contributed by atoms with van der Waals surface area (Å²) in [6.07, 6.45) is 8.81. The number of aryl methyl sites for hydroxylation is 2. The van der Waals surface area contributed by atoms with Gasteiger partial charge in [0.2, 0.25) is 0 Å². The molecule has 118 valence electrons. The third-order valence-corrected chi connectivity index (χ3v) is 4.97. The first-order valence-electron chi connectivity index (χ1n) is 8.53. The Bertz CT molecular complexity index is 819. The Labute approximate surface area is 137 Å². The van der Waals surface area contributed by atoms with Crippen molar-refractivity contribution in [3.05, 3.63) is 65.6 Å². The van der Waals surface area contributed by atoms with Gasteiger partial charge in [-0.3, -0.25) is 4.98 Å². The van der Waals surface area contributed by atoms with E-state index in [1.807, 2.05) is 6.20 Å². The Hall–Kier alpha value is -2.13. The van der Waals surface area contributed by atoms with Crippen molar-refractivity contribution in [1.82, 2.24) is 14.9 Å². The van der Waals surface area contributed by atoms with Gasteiger partial charge in [0.15, 0.2) is 0 Å². The highest BCUT2D eigenvalue weighted by Crippen LogP contribution is 2.28. The first-order valence-corrected chi connectivity index (χ1v) is 8.53. The van der Waals surface area contributed by atoms with Crippen molar-refractivity contribution >= 4 is 10.9 Å². The van der Waals surface area contributed by atoms with E-state index in [4.69, 9.17) is 0 Å². The fourth-order valence-corrected chi connectivity index (χ4v) is 3.82.